The number of thiol groups is 1. The van der Waals surface area contributed by atoms with Gasteiger partial charge in [-0.25, -0.2) is 9.47 Å². The quantitative estimate of drug-likeness (QED) is 0.659. The van der Waals surface area contributed by atoms with Crippen molar-refractivity contribution in [1.82, 2.24) is 4.68 Å². The van der Waals surface area contributed by atoms with Gasteiger partial charge in [-0.2, -0.15) is 10.3 Å². The van der Waals surface area contributed by atoms with Gasteiger partial charge in [0.15, 0.2) is 0 Å². The first-order valence-electron chi connectivity index (χ1n) is 5.54. The molecule has 1 aromatic heterocycles. The predicted molar refractivity (Wildman–Crippen MR) is 72.9 cm³/mol. The predicted octanol–water partition coefficient (Wildman–Crippen LogP) is 1.53. The number of carbonyl (C=O) groups excluding carboxylic acids is 1. The number of rotatable bonds is 2. The summed E-state index contributed by atoms with van der Waals surface area (Å²) in [5, 5.41) is 9.69. The number of nitriles is 1. The Morgan fingerprint density at radius 2 is 2.21 bits per heavy atom. The Morgan fingerprint density at radius 3 is 2.68 bits per heavy atom. The van der Waals surface area contributed by atoms with E-state index in [9.17, 15) is 9.59 Å². The highest BCUT2D eigenvalue weighted by atomic mass is 32.1. The van der Waals surface area contributed by atoms with Crippen LogP contribution in [0.3, 0.4) is 0 Å². The molecule has 1 heterocycles. The summed E-state index contributed by atoms with van der Waals surface area (Å²) in [4.78, 5) is 24.2. The minimum Gasteiger partial charge on any atom is -0.442 e. The lowest BCUT2D eigenvalue weighted by molar-refractivity contribution is 0.0542. The van der Waals surface area contributed by atoms with Crippen LogP contribution in [0.1, 0.15) is 20.8 Å². The first-order valence-corrected chi connectivity index (χ1v) is 5.99. The Bertz CT molecular complexity index is 569. The molecule has 7 heteroatoms. The van der Waals surface area contributed by atoms with Crippen LogP contribution in [0, 0.1) is 11.3 Å². The van der Waals surface area contributed by atoms with Crippen LogP contribution >= 0.6 is 12.6 Å². The van der Waals surface area contributed by atoms with Crippen molar-refractivity contribution in [2.24, 2.45) is 0 Å². The highest BCUT2D eigenvalue weighted by Gasteiger charge is 2.23. The van der Waals surface area contributed by atoms with Gasteiger partial charge in [-0.3, -0.25) is 4.79 Å². The van der Waals surface area contributed by atoms with Gasteiger partial charge < -0.3 is 4.74 Å². The van der Waals surface area contributed by atoms with Gasteiger partial charge in [-0.05, 0) is 26.8 Å². The molecular weight excluding hydrogens is 266 g/mol. The second kappa shape index (κ2) is 5.80. The molecule has 19 heavy (non-hydrogen) atoms. The van der Waals surface area contributed by atoms with E-state index in [1.54, 1.807) is 26.8 Å². The van der Waals surface area contributed by atoms with Crippen LogP contribution in [0.4, 0.5) is 4.79 Å². The van der Waals surface area contributed by atoms with Crippen molar-refractivity contribution in [3.05, 3.63) is 28.7 Å². The standard InChI is InChI=1S/C12H15N3O3S/c1-12(2,3)18-11(17)15(7-5-13)14-6-4-9(19)8-10(14)16/h4,6,8,19H,7H2,1-3H3. The molecule has 0 fully saturated rings. The lowest BCUT2D eigenvalue weighted by Gasteiger charge is -2.26. The molecule has 0 N–H and O–H groups in total. The molecule has 0 aromatic carbocycles. The van der Waals surface area contributed by atoms with Crippen LogP contribution in [0.25, 0.3) is 0 Å². The number of ether oxygens (including phenoxy) is 1. The highest BCUT2D eigenvalue weighted by molar-refractivity contribution is 7.80. The summed E-state index contributed by atoms with van der Waals surface area (Å²) in [6.45, 7) is 4.82. The van der Waals surface area contributed by atoms with Gasteiger partial charge in [0.05, 0.1) is 6.07 Å². The summed E-state index contributed by atoms with van der Waals surface area (Å²) >= 11 is 4.03. The number of pyridine rings is 1. The van der Waals surface area contributed by atoms with Crippen molar-refractivity contribution in [3.8, 4) is 6.07 Å². The summed E-state index contributed by atoms with van der Waals surface area (Å²) in [6, 6.07) is 4.61. The Hall–Kier alpha value is -1.94. The van der Waals surface area contributed by atoms with Crippen molar-refractivity contribution in [3.63, 3.8) is 0 Å². The fraction of sp³-hybridized carbons (Fsp3) is 0.417. The van der Waals surface area contributed by atoms with Crippen LogP contribution in [0.2, 0.25) is 0 Å². The fourth-order valence-electron chi connectivity index (χ4n) is 1.27. The largest absolute Gasteiger partial charge is 0.442 e. The average molecular weight is 281 g/mol. The van der Waals surface area contributed by atoms with Gasteiger partial charge in [-0.1, -0.05) is 0 Å². The normalized spacial score (nSPS) is 10.7. The summed E-state index contributed by atoms with van der Waals surface area (Å²) in [7, 11) is 0. The van der Waals surface area contributed by atoms with E-state index >= 15 is 0 Å². The molecule has 1 aromatic rings. The third-order valence-electron chi connectivity index (χ3n) is 1.97. The lowest BCUT2D eigenvalue weighted by Crippen LogP contribution is -2.48. The van der Waals surface area contributed by atoms with Gasteiger partial charge in [0, 0.05) is 17.2 Å². The summed E-state index contributed by atoms with van der Waals surface area (Å²) in [5.74, 6) is 0. The third kappa shape index (κ3) is 4.34. The zero-order valence-corrected chi connectivity index (χ0v) is 11.8. The number of carbonyl (C=O) groups is 1. The molecule has 0 unspecified atom stereocenters. The van der Waals surface area contributed by atoms with Gasteiger partial charge in [-0.15, -0.1) is 12.6 Å². The van der Waals surface area contributed by atoms with Crippen molar-refractivity contribution < 1.29 is 9.53 Å². The van der Waals surface area contributed by atoms with E-state index in [-0.39, 0.29) is 6.54 Å². The minimum absolute atomic E-state index is 0.291. The first-order chi connectivity index (χ1) is 8.74. The van der Waals surface area contributed by atoms with Crippen LogP contribution in [-0.4, -0.2) is 22.9 Å². The minimum atomic E-state index is -0.761. The van der Waals surface area contributed by atoms with Crippen LogP contribution in [0.5, 0.6) is 0 Å². The SMILES string of the molecule is CC(C)(C)OC(=O)N(CC#N)n1ccc(S)cc1=O. The molecule has 0 radical (unpaired) electrons. The van der Waals surface area contributed by atoms with Crippen molar-refractivity contribution >= 4 is 18.7 Å². The summed E-state index contributed by atoms with van der Waals surface area (Å²) in [5.41, 5.74) is -1.17. The van der Waals surface area contributed by atoms with E-state index in [1.165, 1.54) is 12.3 Å². The van der Waals surface area contributed by atoms with Crippen molar-refractivity contribution in [2.45, 2.75) is 31.3 Å². The maximum atomic E-state index is 12.0. The van der Waals surface area contributed by atoms with E-state index in [1.807, 2.05) is 6.07 Å². The van der Waals surface area contributed by atoms with Crippen LogP contribution in [-0.2, 0) is 4.74 Å². The van der Waals surface area contributed by atoms with Gasteiger partial charge in [0.2, 0.25) is 0 Å². The van der Waals surface area contributed by atoms with E-state index < -0.39 is 17.3 Å². The van der Waals surface area contributed by atoms with E-state index in [4.69, 9.17) is 10.00 Å². The zero-order chi connectivity index (χ0) is 14.6. The molecule has 0 saturated carbocycles. The van der Waals surface area contributed by atoms with Gasteiger partial charge >= 0.3 is 6.09 Å². The lowest BCUT2D eigenvalue weighted by atomic mass is 10.2. The summed E-state index contributed by atoms with van der Waals surface area (Å²) < 4.78 is 6.17. The number of nitrogens with zero attached hydrogens (tertiary/aromatic N) is 3. The molecular formula is C12H15N3O3S. The second-order valence-electron chi connectivity index (χ2n) is 4.76. The van der Waals surface area contributed by atoms with Crippen LogP contribution < -0.4 is 10.6 Å². The smallest absolute Gasteiger partial charge is 0.430 e. The molecule has 102 valence electrons. The number of amides is 1. The second-order valence-corrected chi connectivity index (χ2v) is 5.28. The third-order valence-corrected chi connectivity index (χ3v) is 2.25. The van der Waals surface area contributed by atoms with E-state index in [0.717, 1.165) is 9.69 Å². The van der Waals surface area contributed by atoms with E-state index in [2.05, 4.69) is 12.6 Å². The molecule has 1 rings (SSSR count). The Morgan fingerprint density at radius 1 is 1.58 bits per heavy atom. The van der Waals surface area contributed by atoms with Crippen molar-refractivity contribution in [2.75, 3.05) is 11.6 Å². The Balaban J connectivity index is 3.11. The Kier molecular flexibility index (Phi) is 4.62. The van der Waals surface area contributed by atoms with Gasteiger partial charge in [0.25, 0.3) is 5.56 Å². The molecule has 0 aliphatic heterocycles. The number of aromatic nitrogens is 1. The number of hydrogen-bond donors (Lipinski definition) is 1. The average Bonchev–Trinajstić information content (AvgIpc) is 2.24. The molecule has 6 nitrogen and oxygen atoms in total. The first kappa shape index (κ1) is 15.1. The molecule has 0 bridgehead atoms. The number of hydrogen-bond acceptors (Lipinski definition) is 5. The highest BCUT2D eigenvalue weighted by Crippen LogP contribution is 2.09. The Labute approximate surface area is 116 Å². The monoisotopic (exact) mass is 281 g/mol. The molecule has 0 spiro atoms. The molecule has 0 aliphatic carbocycles. The topological polar surface area (TPSA) is 75.3 Å². The maximum Gasteiger partial charge on any atom is 0.430 e. The van der Waals surface area contributed by atoms with Gasteiger partial charge in [0.1, 0.15) is 12.1 Å². The van der Waals surface area contributed by atoms with E-state index in [0.29, 0.717) is 4.90 Å². The zero-order valence-electron chi connectivity index (χ0n) is 11.0. The summed E-state index contributed by atoms with van der Waals surface area (Å²) in [6.07, 6.45) is 0.606. The molecule has 0 saturated heterocycles. The van der Waals surface area contributed by atoms with Crippen LogP contribution in [0.15, 0.2) is 28.0 Å². The fourth-order valence-corrected chi connectivity index (χ4v) is 1.45. The molecule has 0 atom stereocenters. The maximum absolute atomic E-state index is 12.0. The molecule has 0 aliphatic rings. The van der Waals surface area contributed by atoms with Crippen molar-refractivity contribution in [1.29, 1.82) is 5.26 Å². The molecule has 1 amide bonds.